The lowest BCUT2D eigenvalue weighted by Crippen LogP contribution is -2.58. The van der Waals surface area contributed by atoms with Crippen LogP contribution < -0.4 is 11.1 Å². The molecule has 5 nitrogen and oxygen atoms in total. The molecule has 0 aromatic carbocycles. The van der Waals surface area contributed by atoms with Gasteiger partial charge in [-0.3, -0.25) is 9.69 Å². The highest BCUT2D eigenvalue weighted by Gasteiger charge is 2.36. The molecule has 3 unspecified atom stereocenters. The number of rotatable bonds is 4. The number of piperazine rings is 1. The van der Waals surface area contributed by atoms with E-state index in [1.165, 1.54) is 0 Å². The lowest BCUT2D eigenvalue weighted by atomic mass is 10.00. The molecule has 100 valence electrons. The first-order chi connectivity index (χ1) is 8.65. The van der Waals surface area contributed by atoms with Crippen molar-refractivity contribution in [1.29, 1.82) is 0 Å². The Morgan fingerprint density at radius 3 is 3.00 bits per heavy atom. The van der Waals surface area contributed by atoms with Gasteiger partial charge < -0.3 is 15.5 Å². The SMILES string of the molecule is CCC1C(=O)NCCN1C(c1ccco1)C(C)N. The Kier molecular flexibility index (Phi) is 4.04. The third kappa shape index (κ3) is 2.42. The van der Waals surface area contributed by atoms with Gasteiger partial charge in [-0.25, -0.2) is 0 Å². The van der Waals surface area contributed by atoms with E-state index in [0.717, 1.165) is 18.7 Å². The van der Waals surface area contributed by atoms with E-state index in [-0.39, 0.29) is 24.0 Å². The highest BCUT2D eigenvalue weighted by Crippen LogP contribution is 2.28. The first-order valence-corrected chi connectivity index (χ1v) is 6.47. The fourth-order valence-electron chi connectivity index (χ4n) is 2.67. The summed E-state index contributed by atoms with van der Waals surface area (Å²) in [6, 6.07) is 3.52. The number of hydrogen-bond donors (Lipinski definition) is 2. The van der Waals surface area contributed by atoms with Gasteiger partial charge in [-0.1, -0.05) is 6.92 Å². The minimum Gasteiger partial charge on any atom is -0.468 e. The highest BCUT2D eigenvalue weighted by molar-refractivity contribution is 5.82. The van der Waals surface area contributed by atoms with Crippen LogP contribution in [0.1, 0.15) is 32.1 Å². The topological polar surface area (TPSA) is 71.5 Å². The zero-order valence-corrected chi connectivity index (χ0v) is 10.9. The van der Waals surface area contributed by atoms with Crippen LogP contribution in [-0.4, -0.2) is 36.0 Å². The quantitative estimate of drug-likeness (QED) is 0.833. The summed E-state index contributed by atoms with van der Waals surface area (Å²) >= 11 is 0. The summed E-state index contributed by atoms with van der Waals surface area (Å²) in [5.41, 5.74) is 6.09. The minimum absolute atomic E-state index is 0.0454. The number of carbonyl (C=O) groups excluding carboxylic acids is 1. The molecule has 3 atom stereocenters. The van der Waals surface area contributed by atoms with Gasteiger partial charge in [0.15, 0.2) is 0 Å². The minimum atomic E-state index is -0.125. The molecule has 2 heterocycles. The molecule has 0 spiro atoms. The maximum atomic E-state index is 11.9. The number of nitrogens with zero attached hydrogens (tertiary/aromatic N) is 1. The summed E-state index contributed by atoms with van der Waals surface area (Å²) < 4.78 is 5.48. The molecule has 18 heavy (non-hydrogen) atoms. The number of hydrogen-bond acceptors (Lipinski definition) is 4. The number of carbonyl (C=O) groups is 1. The third-order valence-electron chi connectivity index (χ3n) is 3.45. The van der Waals surface area contributed by atoms with Crippen molar-refractivity contribution in [3.05, 3.63) is 24.2 Å². The number of amides is 1. The smallest absolute Gasteiger partial charge is 0.237 e. The van der Waals surface area contributed by atoms with Gasteiger partial charge >= 0.3 is 0 Å². The molecule has 1 amide bonds. The van der Waals surface area contributed by atoms with Gasteiger partial charge in [0.2, 0.25) is 5.91 Å². The first-order valence-electron chi connectivity index (χ1n) is 6.47. The molecule has 1 saturated heterocycles. The van der Waals surface area contributed by atoms with E-state index in [2.05, 4.69) is 10.2 Å². The second-order valence-corrected chi connectivity index (χ2v) is 4.77. The molecular weight excluding hydrogens is 230 g/mol. The number of furan rings is 1. The Balaban J connectivity index is 2.27. The largest absolute Gasteiger partial charge is 0.468 e. The standard InChI is InChI=1S/C13H21N3O2/c1-3-10-13(17)15-6-7-16(10)12(9(2)14)11-5-4-8-18-11/h4-5,8-10,12H,3,6-7,14H2,1-2H3,(H,15,17). The van der Waals surface area contributed by atoms with E-state index in [1.807, 2.05) is 26.0 Å². The lowest BCUT2D eigenvalue weighted by molar-refractivity contribution is -0.131. The first kappa shape index (κ1) is 13.1. The monoisotopic (exact) mass is 251 g/mol. The van der Waals surface area contributed by atoms with Crippen LogP contribution in [0.2, 0.25) is 0 Å². The molecular formula is C13H21N3O2. The van der Waals surface area contributed by atoms with Crippen LogP contribution in [0.25, 0.3) is 0 Å². The molecule has 0 aliphatic carbocycles. The van der Waals surface area contributed by atoms with E-state index in [0.29, 0.717) is 6.54 Å². The summed E-state index contributed by atoms with van der Waals surface area (Å²) in [5, 5.41) is 2.90. The van der Waals surface area contributed by atoms with Crippen molar-refractivity contribution in [1.82, 2.24) is 10.2 Å². The van der Waals surface area contributed by atoms with E-state index in [4.69, 9.17) is 10.2 Å². The van der Waals surface area contributed by atoms with Gasteiger partial charge in [-0.15, -0.1) is 0 Å². The van der Waals surface area contributed by atoms with Crippen LogP contribution in [0.4, 0.5) is 0 Å². The van der Waals surface area contributed by atoms with Crippen molar-refractivity contribution >= 4 is 5.91 Å². The second-order valence-electron chi connectivity index (χ2n) is 4.77. The summed E-state index contributed by atoms with van der Waals surface area (Å²) in [7, 11) is 0. The Hall–Kier alpha value is -1.33. The lowest BCUT2D eigenvalue weighted by Gasteiger charge is -2.40. The van der Waals surface area contributed by atoms with Crippen molar-refractivity contribution < 1.29 is 9.21 Å². The molecule has 1 aromatic rings. The van der Waals surface area contributed by atoms with Crippen LogP contribution in [0.3, 0.4) is 0 Å². The van der Waals surface area contributed by atoms with Gasteiger partial charge in [0.1, 0.15) is 5.76 Å². The van der Waals surface area contributed by atoms with Crippen molar-refractivity contribution in [2.24, 2.45) is 5.73 Å². The summed E-state index contributed by atoms with van der Waals surface area (Å²) in [4.78, 5) is 14.1. The van der Waals surface area contributed by atoms with Gasteiger partial charge in [0, 0.05) is 19.1 Å². The number of nitrogens with one attached hydrogen (secondary N) is 1. The van der Waals surface area contributed by atoms with Crippen LogP contribution in [0.15, 0.2) is 22.8 Å². The maximum absolute atomic E-state index is 11.9. The average Bonchev–Trinajstić information content (AvgIpc) is 2.82. The van der Waals surface area contributed by atoms with Crippen molar-refractivity contribution in [2.45, 2.75) is 38.4 Å². The predicted octanol–water partition coefficient (Wildman–Crippen LogP) is 0.878. The van der Waals surface area contributed by atoms with Crippen LogP contribution in [-0.2, 0) is 4.79 Å². The summed E-state index contributed by atoms with van der Waals surface area (Å²) in [6.45, 7) is 5.44. The average molecular weight is 251 g/mol. The normalized spacial score (nSPS) is 24.6. The van der Waals surface area contributed by atoms with Crippen LogP contribution in [0, 0.1) is 0 Å². The van der Waals surface area contributed by atoms with Crippen molar-refractivity contribution in [3.63, 3.8) is 0 Å². The Morgan fingerprint density at radius 1 is 1.67 bits per heavy atom. The zero-order chi connectivity index (χ0) is 13.1. The highest BCUT2D eigenvalue weighted by atomic mass is 16.3. The zero-order valence-electron chi connectivity index (χ0n) is 10.9. The van der Waals surface area contributed by atoms with E-state index in [1.54, 1.807) is 6.26 Å². The molecule has 0 radical (unpaired) electrons. The molecule has 1 fully saturated rings. The van der Waals surface area contributed by atoms with Crippen LogP contribution >= 0.6 is 0 Å². The Bertz CT molecular complexity index is 389. The predicted molar refractivity (Wildman–Crippen MR) is 68.9 cm³/mol. The van der Waals surface area contributed by atoms with E-state index < -0.39 is 0 Å². The summed E-state index contributed by atoms with van der Waals surface area (Å²) in [6.07, 6.45) is 2.42. The maximum Gasteiger partial charge on any atom is 0.237 e. The molecule has 1 aromatic heterocycles. The van der Waals surface area contributed by atoms with Gasteiger partial charge in [-0.2, -0.15) is 0 Å². The molecule has 0 saturated carbocycles. The Morgan fingerprint density at radius 2 is 2.44 bits per heavy atom. The molecule has 1 aliphatic heterocycles. The summed E-state index contributed by atoms with van der Waals surface area (Å²) in [5.74, 6) is 0.916. The van der Waals surface area contributed by atoms with Crippen molar-refractivity contribution in [2.75, 3.05) is 13.1 Å². The fraction of sp³-hybridized carbons (Fsp3) is 0.615. The third-order valence-corrected chi connectivity index (χ3v) is 3.45. The Labute approximate surface area is 107 Å². The van der Waals surface area contributed by atoms with Gasteiger partial charge in [-0.05, 0) is 25.5 Å². The van der Waals surface area contributed by atoms with Crippen LogP contribution in [0.5, 0.6) is 0 Å². The number of nitrogens with two attached hydrogens (primary N) is 1. The molecule has 5 heteroatoms. The van der Waals surface area contributed by atoms with E-state index in [9.17, 15) is 4.79 Å². The van der Waals surface area contributed by atoms with Crippen molar-refractivity contribution in [3.8, 4) is 0 Å². The molecule has 0 bridgehead atoms. The second kappa shape index (κ2) is 5.54. The van der Waals surface area contributed by atoms with E-state index >= 15 is 0 Å². The molecule has 2 rings (SSSR count). The van der Waals surface area contributed by atoms with Gasteiger partial charge in [0.05, 0.1) is 18.3 Å². The van der Waals surface area contributed by atoms with Gasteiger partial charge in [0.25, 0.3) is 0 Å². The fourth-order valence-corrected chi connectivity index (χ4v) is 2.67. The molecule has 1 aliphatic rings. The molecule has 3 N–H and O–H groups in total.